The van der Waals surface area contributed by atoms with Gasteiger partial charge in [-0.15, -0.1) is 0 Å². The number of fused-ring (bicyclic) bond motifs is 1. The molecule has 0 aromatic heterocycles. The lowest BCUT2D eigenvalue weighted by molar-refractivity contribution is -0.128. The summed E-state index contributed by atoms with van der Waals surface area (Å²) in [4.78, 5) is 2.26. The average molecular weight is 613 g/mol. The van der Waals surface area contributed by atoms with E-state index < -0.39 is 46.1 Å². The van der Waals surface area contributed by atoms with Gasteiger partial charge in [-0.2, -0.15) is 4.31 Å². The second kappa shape index (κ2) is 12.8. The van der Waals surface area contributed by atoms with Crippen molar-refractivity contribution in [3.63, 3.8) is 0 Å². The standard InChI is InChI=1S/C30H49F5N2O3S/c1-17-7-6-8-21(18(17)2)19-9-11-20(12-10-19)24-22-15-36(13-4-5-14-37(22)23(24)16-40-3)41(38,39)30-28(34)26(32)25(31)27(33)29(30)35/h17-30H,4-16H2,1-3H3/t17?,18?,19?,20?,21?,22?,23-,24+,25?,26?,27?,28?,29?,30?/m1/s1. The molecule has 0 bridgehead atoms. The average Bonchev–Trinajstić information content (AvgIpc) is 2.93. The predicted octanol–water partition coefficient (Wildman–Crippen LogP) is 5.68. The van der Waals surface area contributed by atoms with Gasteiger partial charge in [0, 0.05) is 32.3 Å². The molecular weight excluding hydrogens is 563 g/mol. The second-order valence-corrected chi connectivity index (χ2v) is 15.9. The first kappa shape index (κ1) is 31.9. The number of hydrogen-bond donors (Lipinski definition) is 0. The highest BCUT2D eigenvalue weighted by molar-refractivity contribution is 7.89. The van der Waals surface area contributed by atoms with Gasteiger partial charge < -0.3 is 4.74 Å². The van der Waals surface area contributed by atoms with Crippen molar-refractivity contribution in [2.24, 2.45) is 35.5 Å². The Balaban J connectivity index is 1.32. The van der Waals surface area contributed by atoms with E-state index in [9.17, 15) is 30.4 Å². The third-order valence-corrected chi connectivity index (χ3v) is 14.1. The molecule has 5 rings (SSSR count). The molecule has 0 amide bonds. The van der Waals surface area contributed by atoms with Gasteiger partial charge in [0.15, 0.2) is 30.9 Å². The molecule has 0 aromatic carbocycles. The van der Waals surface area contributed by atoms with E-state index in [-0.39, 0.29) is 31.1 Å². The minimum atomic E-state index is -4.77. The predicted molar refractivity (Wildman–Crippen MR) is 149 cm³/mol. The Kier molecular flexibility index (Phi) is 9.99. The molecule has 0 spiro atoms. The summed E-state index contributed by atoms with van der Waals surface area (Å²) >= 11 is 0. The quantitative estimate of drug-likeness (QED) is 0.363. The number of methoxy groups -OCH3 is 1. The lowest BCUT2D eigenvalue weighted by Gasteiger charge is -2.60. The van der Waals surface area contributed by atoms with Crippen LogP contribution in [0.1, 0.15) is 71.6 Å². The van der Waals surface area contributed by atoms with E-state index in [0.29, 0.717) is 31.3 Å². The van der Waals surface area contributed by atoms with Crippen LogP contribution in [0.2, 0.25) is 0 Å². The SMILES string of the molecule is COC[C@@H]1[C@@H](C2CCC(C3CCCC(C)C3C)CC2)C2CN(S(=O)(=O)C3C(F)C(F)C(F)C(F)C3F)CCCCN21. The molecule has 5 aliphatic rings. The molecule has 238 valence electrons. The maximum atomic E-state index is 14.9. The van der Waals surface area contributed by atoms with E-state index in [4.69, 9.17) is 4.74 Å². The molecule has 8 unspecified atom stereocenters. The summed E-state index contributed by atoms with van der Waals surface area (Å²) < 4.78 is 106. The number of hydrogen-bond acceptors (Lipinski definition) is 4. The number of rotatable bonds is 6. The van der Waals surface area contributed by atoms with Gasteiger partial charge in [-0.25, -0.2) is 30.4 Å². The second-order valence-electron chi connectivity index (χ2n) is 13.8. The monoisotopic (exact) mass is 612 g/mol. The zero-order chi connectivity index (χ0) is 29.6. The van der Waals surface area contributed by atoms with Gasteiger partial charge in [0.05, 0.1) is 6.61 Å². The first-order chi connectivity index (χ1) is 19.5. The Morgan fingerprint density at radius 2 is 1.34 bits per heavy atom. The van der Waals surface area contributed by atoms with Crippen LogP contribution in [-0.4, -0.2) is 99.2 Å². The van der Waals surface area contributed by atoms with Gasteiger partial charge in [-0.3, -0.25) is 4.90 Å². The van der Waals surface area contributed by atoms with Crippen molar-refractivity contribution in [2.45, 2.75) is 120 Å². The van der Waals surface area contributed by atoms with Crippen LogP contribution in [-0.2, 0) is 14.8 Å². The zero-order valence-electron chi connectivity index (χ0n) is 24.7. The Morgan fingerprint density at radius 1 is 0.756 bits per heavy atom. The van der Waals surface area contributed by atoms with Crippen molar-refractivity contribution in [3.8, 4) is 0 Å². The van der Waals surface area contributed by atoms with Crippen LogP contribution >= 0.6 is 0 Å². The van der Waals surface area contributed by atoms with Crippen LogP contribution in [0.25, 0.3) is 0 Å². The van der Waals surface area contributed by atoms with E-state index in [1.54, 1.807) is 7.11 Å². The molecule has 10 atom stereocenters. The minimum absolute atomic E-state index is 0.0210. The minimum Gasteiger partial charge on any atom is -0.383 e. The van der Waals surface area contributed by atoms with Crippen molar-refractivity contribution >= 4 is 10.0 Å². The number of alkyl halides is 5. The fraction of sp³-hybridized carbons (Fsp3) is 1.00. The number of ether oxygens (including phenoxy) is 1. The van der Waals surface area contributed by atoms with Crippen LogP contribution in [0.15, 0.2) is 0 Å². The van der Waals surface area contributed by atoms with E-state index in [2.05, 4.69) is 18.7 Å². The van der Waals surface area contributed by atoms with Crippen molar-refractivity contribution in [3.05, 3.63) is 0 Å². The van der Waals surface area contributed by atoms with Crippen LogP contribution in [0.3, 0.4) is 0 Å². The molecule has 0 N–H and O–H groups in total. The van der Waals surface area contributed by atoms with Crippen LogP contribution < -0.4 is 0 Å². The largest absolute Gasteiger partial charge is 0.383 e. The first-order valence-electron chi connectivity index (χ1n) is 15.9. The van der Waals surface area contributed by atoms with Crippen molar-refractivity contribution < 1.29 is 35.1 Å². The van der Waals surface area contributed by atoms with Gasteiger partial charge in [0.1, 0.15) is 5.25 Å². The zero-order valence-corrected chi connectivity index (χ0v) is 25.5. The molecule has 11 heteroatoms. The lowest BCUT2D eigenvalue weighted by atomic mass is 9.60. The van der Waals surface area contributed by atoms with E-state index in [1.807, 2.05) is 0 Å². The van der Waals surface area contributed by atoms with Gasteiger partial charge in [-0.05, 0) is 87.0 Å². The van der Waals surface area contributed by atoms with Crippen LogP contribution in [0, 0.1) is 35.5 Å². The summed E-state index contributed by atoms with van der Waals surface area (Å²) in [5.74, 6) is 3.52. The highest BCUT2D eigenvalue weighted by atomic mass is 32.2. The van der Waals surface area contributed by atoms with Gasteiger partial charge >= 0.3 is 0 Å². The summed E-state index contributed by atoms with van der Waals surface area (Å²) in [7, 11) is -3.11. The van der Waals surface area contributed by atoms with Crippen molar-refractivity contribution in [1.82, 2.24) is 9.21 Å². The normalized spacial score (nSPS) is 49.0. The summed E-state index contributed by atoms with van der Waals surface area (Å²) in [6.45, 7) is 6.13. The highest BCUT2D eigenvalue weighted by Gasteiger charge is 2.61. The Bertz CT molecular complexity index is 969. The Morgan fingerprint density at radius 3 is 1.98 bits per heavy atom. The fourth-order valence-corrected chi connectivity index (χ4v) is 11.4. The van der Waals surface area contributed by atoms with E-state index in [1.165, 1.54) is 19.3 Å². The van der Waals surface area contributed by atoms with Gasteiger partial charge in [0.25, 0.3) is 0 Å². The van der Waals surface area contributed by atoms with Crippen molar-refractivity contribution in [1.29, 1.82) is 0 Å². The van der Waals surface area contributed by atoms with Crippen LogP contribution in [0.5, 0.6) is 0 Å². The summed E-state index contributed by atoms with van der Waals surface area (Å²) in [5, 5.41) is -2.59. The summed E-state index contributed by atoms with van der Waals surface area (Å²) in [6.07, 6.45) is -5.47. The number of nitrogens with zero attached hydrogens (tertiary/aromatic N) is 2. The molecule has 3 aliphatic carbocycles. The lowest BCUT2D eigenvalue weighted by Crippen LogP contribution is -2.72. The molecule has 5 nitrogen and oxygen atoms in total. The molecule has 2 heterocycles. The fourth-order valence-electron chi connectivity index (χ4n) is 9.33. The number of sulfonamides is 1. The molecule has 0 aromatic rings. The highest BCUT2D eigenvalue weighted by Crippen LogP contribution is 2.50. The maximum absolute atomic E-state index is 14.9. The Labute approximate surface area is 243 Å². The van der Waals surface area contributed by atoms with Gasteiger partial charge in [-0.1, -0.05) is 26.7 Å². The molecule has 2 saturated heterocycles. The molecule has 5 fully saturated rings. The van der Waals surface area contributed by atoms with Crippen molar-refractivity contribution in [2.75, 3.05) is 33.4 Å². The Hall–Kier alpha value is -0.520. The molecule has 2 aliphatic heterocycles. The molecule has 0 radical (unpaired) electrons. The molecule has 3 saturated carbocycles. The molecular formula is C30H49F5N2O3S. The van der Waals surface area contributed by atoms with Gasteiger partial charge in [0.2, 0.25) is 10.0 Å². The summed E-state index contributed by atoms with van der Waals surface area (Å²) in [5.41, 5.74) is 0. The van der Waals surface area contributed by atoms with E-state index in [0.717, 1.165) is 54.3 Å². The topological polar surface area (TPSA) is 49.9 Å². The first-order valence-corrected chi connectivity index (χ1v) is 17.4. The third kappa shape index (κ3) is 5.84. The van der Waals surface area contributed by atoms with E-state index >= 15 is 0 Å². The molecule has 41 heavy (non-hydrogen) atoms. The smallest absolute Gasteiger partial charge is 0.223 e. The number of halogens is 5. The third-order valence-electron chi connectivity index (χ3n) is 11.8. The van der Waals surface area contributed by atoms with Crippen LogP contribution in [0.4, 0.5) is 22.0 Å². The summed E-state index contributed by atoms with van der Waals surface area (Å²) in [6, 6.07) is -0.0190. The maximum Gasteiger partial charge on any atom is 0.223 e.